The second kappa shape index (κ2) is 7.68. The van der Waals surface area contributed by atoms with Gasteiger partial charge in [0, 0.05) is 18.5 Å². The Morgan fingerprint density at radius 2 is 1.92 bits per heavy atom. The zero-order valence-electron chi connectivity index (χ0n) is 15.0. The highest BCUT2D eigenvalue weighted by Crippen LogP contribution is 2.23. The van der Waals surface area contributed by atoms with Crippen molar-refractivity contribution in [3.8, 4) is 0 Å². The van der Waals surface area contributed by atoms with Crippen LogP contribution in [0.15, 0.2) is 29.1 Å². The minimum atomic E-state index is -0.719. The van der Waals surface area contributed by atoms with Gasteiger partial charge in [-0.25, -0.2) is 9.48 Å². The van der Waals surface area contributed by atoms with E-state index in [4.69, 9.17) is 4.74 Å². The molecule has 1 aliphatic rings. The second-order valence-electron chi connectivity index (χ2n) is 6.83. The maximum absolute atomic E-state index is 12.4. The Morgan fingerprint density at radius 3 is 2.65 bits per heavy atom. The van der Waals surface area contributed by atoms with E-state index >= 15 is 0 Å². The topological polar surface area (TPSA) is 90.3 Å². The van der Waals surface area contributed by atoms with Crippen LogP contribution in [0.25, 0.3) is 10.8 Å². The van der Waals surface area contributed by atoms with E-state index in [0.717, 1.165) is 23.9 Å². The van der Waals surface area contributed by atoms with E-state index in [1.165, 1.54) is 13.5 Å². The van der Waals surface area contributed by atoms with Gasteiger partial charge in [0.2, 0.25) is 0 Å². The molecule has 7 heteroatoms. The molecule has 2 unspecified atom stereocenters. The lowest BCUT2D eigenvalue weighted by Crippen LogP contribution is -2.43. The quantitative estimate of drug-likeness (QED) is 0.843. The highest BCUT2D eigenvalue weighted by molar-refractivity contribution is 6.02. The summed E-state index contributed by atoms with van der Waals surface area (Å²) in [7, 11) is 1.47. The van der Waals surface area contributed by atoms with Gasteiger partial charge in [-0.3, -0.25) is 9.59 Å². The molecule has 1 heterocycles. The van der Waals surface area contributed by atoms with Crippen molar-refractivity contribution in [2.24, 2.45) is 13.0 Å². The number of ether oxygens (including phenoxy) is 1. The smallest absolute Gasteiger partial charge is 0.359 e. The first-order valence-electron chi connectivity index (χ1n) is 8.90. The molecule has 1 aromatic carbocycles. The number of hydrogen-bond donors (Lipinski definition) is 1. The predicted molar refractivity (Wildman–Crippen MR) is 96.8 cm³/mol. The zero-order chi connectivity index (χ0) is 18.7. The summed E-state index contributed by atoms with van der Waals surface area (Å²) in [5, 5.41) is 7.75. The van der Waals surface area contributed by atoms with Gasteiger partial charge in [-0.1, -0.05) is 38.0 Å². The number of benzene rings is 1. The predicted octanol–water partition coefficient (Wildman–Crippen LogP) is 1.79. The Morgan fingerprint density at radius 1 is 1.23 bits per heavy atom. The number of fused-ring (bicyclic) bond motifs is 1. The molecular formula is C19H23N3O4. The van der Waals surface area contributed by atoms with Gasteiger partial charge in [0.15, 0.2) is 12.3 Å². The number of nitrogens with one attached hydrogen (secondary N) is 1. The van der Waals surface area contributed by atoms with Gasteiger partial charge in [-0.05, 0) is 24.8 Å². The van der Waals surface area contributed by atoms with Crippen molar-refractivity contribution in [3.05, 3.63) is 40.3 Å². The van der Waals surface area contributed by atoms with E-state index in [1.807, 2.05) is 0 Å². The summed E-state index contributed by atoms with van der Waals surface area (Å²) >= 11 is 0. The number of carbonyl (C=O) groups is 2. The number of amides is 1. The summed E-state index contributed by atoms with van der Waals surface area (Å²) in [5.41, 5.74) is -0.261. The van der Waals surface area contributed by atoms with Gasteiger partial charge in [-0.2, -0.15) is 5.10 Å². The second-order valence-corrected chi connectivity index (χ2v) is 6.83. The van der Waals surface area contributed by atoms with Crippen LogP contribution in [0.5, 0.6) is 0 Å². The Labute approximate surface area is 151 Å². The van der Waals surface area contributed by atoms with Crippen LogP contribution in [-0.4, -0.2) is 34.3 Å². The third kappa shape index (κ3) is 3.76. The fourth-order valence-corrected chi connectivity index (χ4v) is 3.43. The first kappa shape index (κ1) is 18.1. The van der Waals surface area contributed by atoms with Crippen LogP contribution in [0.1, 0.15) is 43.1 Å². The van der Waals surface area contributed by atoms with Crippen molar-refractivity contribution in [3.63, 3.8) is 0 Å². The van der Waals surface area contributed by atoms with E-state index in [9.17, 15) is 14.4 Å². The molecule has 0 spiro atoms. The largest absolute Gasteiger partial charge is 0.451 e. The summed E-state index contributed by atoms with van der Waals surface area (Å²) in [4.78, 5) is 36.6. The molecule has 7 nitrogen and oxygen atoms in total. The minimum absolute atomic E-state index is 0.0292. The number of aryl methyl sites for hydroxylation is 1. The van der Waals surface area contributed by atoms with Gasteiger partial charge in [0.25, 0.3) is 11.5 Å². The molecule has 1 fully saturated rings. The maximum Gasteiger partial charge on any atom is 0.359 e. The van der Waals surface area contributed by atoms with Gasteiger partial charge in [0.05, 0.1) is 5.39 Å². The van der Waals surface area contributed by atoms with Gasteiger partial charge < -0.3 is 10.1 Å². The van der Waals surface area contributed by atoms with Crippen LogP contribution >= 0.6 is 0 Å². The van der Waals surface area contributed by atoms with Crippen molar-refractivity contribution in [1.29, 1.82) is 0 Å². The van der Waals surface area contributed by atoms with Gasteiger partial charge in [-0.15, -0.1) is 0 Å². The van der Waals surface area contributed by atoms with Crippen molar-refractivity contribution in [2.75, 3.05) is 6.61 Å². The molecule has 1 N–H and O–H groups in total. The molecule has 1 amide bonds. The van der Waals surface area contributed by atoms with Crippen LogP contribution in [0.3, 0.4) is 0 Å². The summed E-state index contributed by atoms with van der Waals surface area (Å²) in [6.07, 6.45) is 4.34. The van der Waals surface area contributed by atoms with E-state index in [-0.39, 0.29) is 29.8 Å². The fourth-order valence-electron chi connectivity index (χ4n) is 3.43. The number of rotatable bonds is 4. The van der Waals surface area contributed by atoms with Crippen molar-refractivity contribution < 1.29 is 14.3 Å². The van der Waals surface area contributed by atoms with Gasteiger partial charge in [0.1, 0.15) is 0 Å². The molecule has 0 radical (unpaired) electrons. The van der Waals surface area contributed by atoms with Crippen LogP contribution in [-0.2, 0) is 16.6 Å². The molecule has 1 aromatic heterocycles. The lowest BCUT2D eigenvalue weighted by Gasteiger charge is -2.29. The summed E-state index contributed by atoms with van der Waals surface area (Å²) in [6, 6.07) is 6.85. The first-order chi connectivity index (χ1) is 12.5. The number of hydrogen-bond acceptors (Lipinski definition) is 5. The van der Waals surface area contributed by atoms with Gasteiger partial charge >= 0.3 is 5.97 Å². The summed E-state index contributed by atoms with van der Waals surface area (Å²) in [5.74, 6) is -0.604. The van der Waals surface area contributed by atoms with E-state index in [1.54, 1.807) is 24.3 Å². The lowest BCUT2D eigenvalue weighted by atomic mass is 9.86. The van der Waals surface area contributed by atoms with Crippen molar-refractivity contribution in [2.45, 2.75) is 38.6 Å². The molecule has 26 heavy (non-hydrogen) atoms. The summed E-state index contributed by atoms with van der Waals surface area (Å²) < 4.78 is 6.24. The minimum Gasteiger partial charge on any atom is -0.451 e. The number of nitrogens with zero attached hydrogens (tertiary/aromatic N) is 2. The molecule has 0 aliphatic heterocycles. The van der Waals surface area contributed by atoms with Crippen LogP contribution in [0.2, 0.25) is 0 Å². The van der Waals surface area contributed by atoms with Crippen molar-refractivity contribution in [1.82, 2.24) is 15.1 Å². The average Bonchev–Trinajstić information content (AvgIpc) is 2.64. The lowest BCUT2D eigenvalue weighted by molar-refractivity contribution is -0.125. The Balaban J connectivity index is 1.69. The first-order valence-corrected chi connectivity index (χ1v) is 8.90. The van der Waals surface area contributed by atoms with E-state index < -0.39 is 5.97 Å². The number of aromatic nitrogens is 2. The highest BCUT2D eigenvalue weighted by Gasteiger charge is 2.24. The van der Waals surface area contributed by atoms with Crippen LogP contribution in [0, 0.1) is 5.92 Å². The maximum atomic E-state index is 12.4. The molecule has 0 bridgehead atoms. The normalized spacial score (nSPS) is 19.9. The Hall–Kier alpha value is -2.70. The third-order valence-electron chi connectivity index (χ3n) is 4.94. The third-order valence-corrected chi connectivity index (χ3v) is 4.94. The molecule has 2 atom stereocenters. The van der Waals surface area contributed by atoms with Crippen molar-refractivity contribution >= 4 is 22.6 Å². The zero-order valence-corrected chi connectivity index (χ0v) is 15.0. The molecule has 3 rings (SSSR count). The SMILES string of the molecule is CC1CCCCC1NC(=O)COC(=O)c1nn(C)c(=O)c2ccccc12. The summed E-state index contributed by atoms with van der Waals surface area (Å²) in [6.45, 7) is 1.76. The monoisotopic (exact) mass is 357 g/mol. The fraction of sp³-hybridized carbons (Fsp3) is 0.474. The molecule has 1 aliphatic carbocycles. The molecule has 2 aromatic rings. The molecule has 1 saturated carbocycles. The molecule has 0 saturated heterocycles. The van der Waals surface area contributed by atoms with E-state index in [2.05, 4.69) is 17.3 Å². The van der Waals surface area contributed by atoms with E-state index in [0.29, 0.717) is 16.7 Å². The van der Waals surface area contributed by atoms with Crippen LogP contribution < -0.4 is 10.9 Å². The number of esters is 1. The Bertz CT molecular complexity index is 890. The average molecular weight is 357 g/mol. The standard InChI is InChI=1S/C19H23N3O4/c1-12-7-3-6-10-15(12)20-16(23)11-26-19(25)17-13-8-4-5-9-14(13)18(24)22(2)21-17/h4-5,8-9,12,15H,3,6-7,10-11H2,1-2H3,(H,20,23). The molecule has 138 valence electrons. The highest BCUT2D eigenvalue weighted by atomic mass is 16.5. The van der Waals surface area contributed by atoms with Crippen LogP contribution in [0.4, 0.5) is 0 Å². The Kier molecular flexibility index (Phi) is 5.35. The molecular weight excluding hydrogens is 334 g/mol. The number of carbonyl (C=O) groups excluding carboxylic acids is 2.